The molecule has 2 unspecified atom stereocenters. The molecule has 0 aromatic heterocycles. The summed E-state index contributed by atoms with van der Waals surface area (Å²) >= 11 is 0. The zero-order valence-corrected chi connectivity index (χ0v) is 35.5. The van der Waals surface area contributed by atoms with Gasteiger partial charge in [0.05, 0.1) is 11.4 Å². The SMILES string of the molecule is Cc1cc(C)c(B(c2ccc(C34CC5CC(C3)CC(c3ccc(N6c7ccccc7C(C)(C)c7ccccc76)cc3)(C5)C4)cc2)c2c(C)cc(C)cc2C)c(C)c1. The predicted octanol–water partition coefficient (Wildman–Crippen LogP) is 12.0. The van der Waals surface area contributed by atoms with E-state index in [4.69, 9.17) is 0 Å². The van der Waals surface area contributed by atoms with Crippen molar-refractivity contribution in [1.29, 1.82) is 0 Å². The Balaban J connectivity index is 1.01. The molecular weight excluding hydrogens is 685 g/mol. The number of hydrogen-bond acceptors (Lipinski definition) is 1. The summed E-state index contributed by atoms with van der Waals surface area (Å²) in [7, 11) is 0. The van der Waals surface area contributed by atoms with E-state index in [9.17, 15) is 0 Å². The van der Waals surface area contributed by atoms with Gasteiger partial charge in [0.25, 0.3) is 0 Å². The quantitative estimate of drug-likeness (QED) is 0.154. The van der Waals surface area contributed by atoms with Crippen LogP contribution < -0.4 is 21.3 Å². The number of benzene rings is 6. The molecule has 0 amide bonds. The van der Waals surface area contributed by atoms with E-state index in [0.717, 1.165) is 11.8 Å². The van der Waals surface area contributed by atoms with Gasteiger partial charge in [0.1, 0.15) is 0 Å². The van der Waals surface area contributed by atoms with E-state index in [1.54, 1.807) is 11.1 Å². The molecule has 6 aromatic rings. The first kappa shape index (κ1) is 36.5. The Morgan fingerprint density at radius 3 is 1.35 bits per heavy atom. The number of hydrogen-bond donors (Lipinski definition) is 0. The van der Waals surface area contributed by atoms with Crippen LogP contribution in [0.25, 0.3) is 0 Å². The molecule has 286 valence electrons. The van der Waals surface area contributed by atoms with E-state index >= 15 is 0 Å². The molecule has 4 bridgehead atoms. The minimum absolute atomic E-state index is 0.0482. The van der Waals surface area contributed by atoms with Crippen molar-refractivity contribution in [2.45, 2.75) is 110 Å². The molecule has 0 saturated heterocycles. The Morgan fingerprint density at radius 1 is 0.509 bits per heavy atom. The van der Waals surface area contributed by atoms with Gasteiger partial charge in [-0.3, -0.25) is 0 Å². The summed E-state index contributed by atoms with van der Waals surface area (Å²) in [6.45, 7) is 18.7. The van der Waals surface area contributed by atoms with Gasteiger partial charge in [0.15, 0.2) is 0 Å². The minimum atomic E-state index is -0.0482. The molecule has 6 aromatic carbocycles. The lowest BCUT2D eigenvalue weighted by Gasteiger charge is -2.63. The number of anilines is 3. The lowest BCUT2D eigenvalue weighted by molar-refractivity contribution is -0.0281. The summed E-state index contributed by atoms with van der Waals surface area (Å²) in [5.74, 6) is 1.61. The highest BCUT2D eigenvalue weighted by Crippen LogP contribution is 2.66. The zero-order valence-electron chi connectivity index (χ0n) is 35.5. The first-order chi connectivity index (χ1) is 27.4. The van der Waals surface area contributed by atoms with Crippen LogP contribution in [0.2, 0.25) is 0 Å². The Kier molecular flexibility index (Phi) is 8.40. The fourth-order valence-electron chi connectivity index (χ4n) is 13.6. The van der Waals surface area contributed by atoms with E-state index in [1.807, 2.05) is 0 Å². The van der Waals surface area contributed by atoms with Crippen molar-refractivity contribution in [2.24, 2.45) is 11.8 Å². The van der Waals surface area contributed by atoms with Crippen molar-refractivity contribution in [3.8, 4) is 0 Å². The number of para-hydroxylation sites is 2. The summed E-state index contributed by atoms with van der Waals surface area (Å²) in [5, 5.41) is 0. The molecule has 1 aliphatic heterocycles. The summed E-state index contributed by atoms with van der Waals surface area (Å²) in [4.78, 5) is 2.51. The van der Waals surface area contributed by atoms with Gasteiger partial charge >= 0.3 is 0 Å². The van der Waals surface area contributed by atoms with Crippen LogP contribution in [0.1, 0.15) is 108 Å². The van der Waals surface area contributed by atoms with E-state index in [1.165, 1.54) is 116 Å². The fourth-order valence-corrected chi connectivity index (χ4v) is 13.6. The van der Waals surface area contributed by atoms with Crippen molar-refractivity contribution in [3.05, 3.63) is 177 Å². The Labute approximate surface area is 342 Å². The number of fused-ring (bicyclic) bond motifs is 2. The molecule has 2 atom stereocenters. The van der Waals surface area contributed by atoms with Crippen LogP contribution in [0.15, 0.2) is 121 Å². The average molecular weight is 744 g/mol. The largest absolute Gasteiger partial charge is 0.310 e. The third kappa shape index (κ3) is 5.72. The second-order valence-electron chi connectivity index (χ2n) is 19.7. The summed E-state index contributed by atoms with van der Waals surface area (Å²) in [6, 6.07) is 47.7. The highest BCUT2D eigenvalue weighted by molar-refractivity contribution is 6.96. The summed E-state index contributed by atoms with van der Waals surface area (Å²) in [6.07, 6.45) is 8.05. The molecule has 4 fully saturated rings. The van der Waals surface area contributed by atoms with Crippen LogP contribution in [0, 0.1) is 53.4 Å². The maximum Gasteiger partial charge on any atom is 0.242 e. The first-order valence-electron chi connectivity index (χ1n) is 21.7. The van der Waals surface area contributed by atoms with Gasteiger partial charge in [0.2, 0.25) is 6.71 Å². The molecular formula is C55H58BN. The van der Waals surface area contributed by atoms with Crippen LogP contribution in [0.5, 0.6) is 0 Å². The lowest BCUT2D eigenvalue weighted by atomic mass is 9.34. The number of aryl methyl sites for hydroxylation is 6. The summed E-state index contributed by atoms with van der Waals surface area (Å²) in [5.41, 5.74) is 22.9. The standard InChI is InChI=1S/C55H58BN/c1-35-25-37(3)51(38(4)26-35)56(52-39(5)27-36(2)28-40(52)6)45-21-17-43(18-22-45)54-30-41-29-42(31-54)33-55(32-41,34-54)44-19-23-46(24-20-44)57-49-15-11-9-13-47(49)53(7,8)48-14-10-12-16-50(48)57/h9-28,41-42H,29-34H2,1-8H3. The zero-order chi connectivity index (χ0) is 39.4. The van der Waals surface area contributed by atoms with Crippen molar-refractivity contribution in [2.75, 3.05) is 4.90 Å². The maximum atomic E-state index is 2.57. The molecule has 1 heterocycles. The van der Waals surface area contributed by atoms with Crippen LogP contribution in [-0.4, -0.2) is 6.71 Å². The Bertz CT molecular complexity index is 2370. The molecule has 2 heteroatoms. The molecule has 0 N–H and O–H groups in total. The van der Waals surface area contributed by atoms with Gasteiger partial charge in [-0.05, 0) is 149 Å². The smallest absolute Gasteiger partial charge is 0.242 e. The highest BCUT2D eigenvalue weighted by atomic mass is 15.2. The molecule has 4 saturated carbocycles. The van der Waals surface area contributed by atoms with Gasteiger partial charge < -0.3 is 4.90 Å². The topological polar surface area (TPSA) is 3.24 Å². The fraction of sp³-hybridized carbons (Fsp3) is 0.345. The third-order valence-corrected chi connectivity index (χ3v) is 15.3. The molecule has 4 aliphatic carbocycles. The van der Waals surface area contributed by atoms with Crippen molar-refractivity contribution < 1.29 is 0 Å². The van der Waals surface area contributed by atoms with E-state index in [2.05, 4.69) is 182 Å². The second kappa shape index (κ2) is 13.1. The maximum absolute atomic E-state index is 2.57. The van der Waals surface area contributed by atoms with Gasteiger partial charge in [0, 0.05) is 11.1 Å². The van der Waals surface area contributed by atoms with Gasteiger partial charge in [-0.2, -0.15) is 0 Å². The van der Waals surface area contributed by atoms with Gasteiger partial charge in [-0.1, -0.05) is 161 Å². The van der Waals surface area contributed by atoms with Gasteiger partial charge in [-0.15, -0.1) is 0 Å². The van der Waals surface area contributed by atoms with Crippen LogP contribution in [0.4, 0.5) is 17.1 Å². The van der Waals surface area contributed by atoms with Crippen molar-refractivity contribution >= 4 is 40.2 Å². The van der Waals surface area contributed by atoms with E-state index < -0.39 is 0 Å². The Morgan fingerprint density at radius 2 is 0.912 bits per heavy atom. The predicted molar refractivity (Wildman–Crippen MR) is 244 cm³/mol. The molecule has 1 nitrogen and oxygen atoms in total. The van der Waals surface area contributed by atoms with Crippen LogP contribution in [-0.2, 0) is 16.2 Å². The average Bonchev–Trinajstić information content (AvgIpc) is 3.17. The lowest BCUT2D eigenvalue weighted by Crippen LogP contribution is -2.57. The van der Waals surface area contributed by atoms with Crippen molar-refractivity contribution in [3.63, 3.8) is 0 Å². The molecule has 57 heavy (non-hydrogen) atoms. The number of nitrogens with zero attached hydrogens (tertiary/aromatic N) is 1. The molecule has 0 spiro atoms. The van der Waals surface area contributed by atoms with E-state index in [0.29, 0.717) is 0 Å². The molecule has 0 radical (unpaired) electrons. The van der Waals surface area contributed by atoms with Crippen molar-refractivity contribution in [1.82, 2.24) is 0 Å². The van der Waals surface area contributed by atoms with Gasteiger partial charge in [-0.25, -0.2) is 0 Å². The van der Waals surface area contributed by atoms with Crippen LogP contribution >= 0.6 is 0 Å². The first-order valence-corrected chi connectivity index (χ1v) is 21.7. The molecule has 11 rings (SSSR count). The normalized spacial score (nSPS) is 24.0. The Hall–Kier alpha value is -4.82. The van der Waals surface area contributed by atoms with E-state index in [-0.39, 0.29) is 23.0 Å². The monoisotopic (exact) mass is 743 g/mol. The highest BCUT2D eigenvalue weighted by Gasteiger charge is 2.58. The second-order valence-corrected chi connectivity index (χ2v) is 19.7. The van der Waals surface area contributed by atoms with Crippen LogP contribution in [0.3, 0.4) is 0 Å². The number of rotatable bonds is 6. The third-order valence-electron chi connectivity index (χ3n) is 15.3. The molecule has 5 aliphatic rings. The summed E-state index contributed by atoms with van der Waals surface area (Å²) < 4.78 is 0. The minimum Gasteiger partial charge on any atom is -0.310 e.